The molecule has 0 saturated carbocycles. The Hall–Kier alpha value is -1.26. The van der Waals surface area contributed by atoms with Crippen LogP contribution in [-0.4, -0.2) is 15.1 Å². The van der Waals surface area contributed by atoms with Crippen LogP contribution in [0.15, 0.2) is 23.7 Å². The second kappa shape index (κ2) is 3.86. The van der Waals surface area contributed by atoms with E-state index in [1.165, 1.54) is 4.88 Å². The number of hydrogen-bond acceptors (Lipinski definition) is 4. The van der Waals surface area contributed by atoms with Gasteiger partial charge < -0.3 is 5.11 Å². The smallest absolute Gasteiger partial charge is 0.160 e. The van der Waals surface area contributed by atoms with Gasteiger partial charge in [-0.1, -0.05) is 0 Å². The highest BCUT2D eigenvalue weighted by Crippen LogP contribution is 2.21. The molecule has 72 valence electrons. The number of aromatic nitrogens is 2. The minimum atomic E-state index is -0.0430. The molecule has 3 nitrogen and oxygen atoms in total. The van der Waals surface area contributed by atoms with Crippen LogP contribution < -0.4 is 0 Å². The number of aliphatic hydroxyl groups is 1. The van der Waals surface area contributed by atoms with Crippen LogP contribution in [0, 0.1) is 6.92 Å². The summed E-state index contributed by atoms with van der Waals surface area (Å²) >= 11 is 1.67. The first kappa shape index (κ1) is 9.30. The molecule has 0 aliphatic heterocycles. The van der Waals surface area contributed by atoms with Crippen molar-refractivity contribution in [3.63, 3.8) is 0 Å². The predicted octanol–water partition coefficient (Wildman–Crippen LogP) is 2.01. The molecule has 0 aromatic carbocycles. The van der Waals surface area contributed by atoms with Crippen molar-refractivity contribution >= 4 is 11.3 Å². The molecule has 0 aliphatic rings. The lowest BCUT2D eigenvalue weighted by Crippen LogP contribution is -1.93. The summed E-state index contributed by atoms with van der Waals surface area (Å²) in [6.07, 6.45) is 1.67. The Morgan fingerprint density at radius 1 is 1.50 bits per heavy atom. The van der Waals surface area contributed by atoms with Crippen LogP contribution in [0.1, 0.15) is 10.6 Å². The molecule has 0 saturated heterocycles. The molecule has 2 aromatic rings. The second-order valence-electron chi connectivity index (χ2n) is 2.98. The molecule has 1 N–H and O–H groups in total. The first-order valence-corrected chi connectivity index (χ1v) is 5.16. The zero-order valence-corrected chi connectivity index (χ0v) is 8.58. The summed E-state index contributed by atoms with van der Waals surface area (Å²) in [5.74, 6) is 0.681. The Morgan fingerprint density at radius 3 is 3.00 bits per heavy atom. The maximum absolute atomic E-state index is 8.93. The van der Waals surface area contributed by atoms with E-state index >= 15 is 0 Å². The van der Waals surface area contributed by atoms with Crippen LogP contribution in [-0.2, 0) is 6.61 Å². The predicted molar refractivity (Wildman–Crippen MR) is 56.0 cm³/mol. The molecule has 0 radical (unpaired) electrons. The second-order valence-corrected chi connectivity index (χ2v) is 4.09. The van der Waals surface area contributed by atoms with Crippen molar-refractivity contribution in [2.75, 3.05) is 0 Å². The van der Waals surface area contributed by atoms with E-state index in [-0.39, 0.29) is 6.61 Å². The Balaban J connectivity index is 2.41. The highest BCUT2D eigenvalue weighted by atomic mass is 32.1. The molecule has 2 rings (SSSR count). The summed E-state index contributed by atoms with van der Waals surface area (Å²) in [7, 11) is 0. The third-order valence-corrected chi connectivity index (χ3v) is 2.73. The highest BCUT2D eigenvalue weighted by molar-refractivity contribution is 7.10. The molecule has 0 aliphatic carbocycles. The molecule has 2 aromatic heterocycles. The Bertz CT molecular complexity index is 439. The Kier molecular flexibility index (Phi) is 2.56. The fourth-order valence-electron chi connectivity index (χ4n) is 1.18. The average Bonchev–Trinajstić information content (AvgIpc) is 2.65. The molecule has 0 bridgehead atoms. The van der Waals surface area contributed by atoms with Gasteiger partial charge in [-0.15, -0.1) is 11.3 Å². The van der Waals surface area contributed by atoms with Gasteiger partial charge in [0.1, 0.15) is 0 Å². The monoisotopic (exact) mass is 206 g/mol. The van der Waals surface area contributed by atoms with Crippen LogP contribution in [0.5, 0.6) is 0 Å². The van der Waals surface area contributed by atoms with Gasteiger partial charge in [0, 0.05) is 22.0 Å². The SMILES string of the molecule is Cc1cc(-c2nccc(CO)n2)cs1. The average molecular weight is 206 g/mol. The van der Waals surface area contributed by atoms with Crippen LogP contribution in [0.25, 0.3) is 11.4 Å². The normalized spacial score (nSPS) is 10.4. The van der Waals surface area contributed by atoms with E-state index in [9.17, 15) is 0 Å². The van der Waals surface area contributed by atoms with Gasteiger partial charge in [0.2, 0.25) is 0 Å². The number of thiophene rings is 1. The van der Waals surface area contributed by atoms with Crippen molar-refractivity contribution in [2.24, 2.45) is 0 Å². The maximum atomic E-state index is 8.93. The number of hydrogen-bond donors (Lipinski definition) is 1. The fourth-order valence-corrected chi connectivity index (χ4v) is 1.87. The quantitative estimate of drug-likeness (QED) is 0.817. The van der Waals surface area contributed by atoms with E-state index in [4.69, 9.17) is 5.11 Å². The Morgan fingerprint density at radius 2 is 2.36 bits per heavy atom. The minimum absolute atomic E-state index is 0.0430. The number of aliphatic hydroxyl groups excluding tert-OH is 1. The van der Waals surface area contributed by atoms with Crippen LogP contribution >= 0.6 is 11.3 Å². The number of rotatable bonds is 2. The first-order chi connectivity index (χ1) is 6.79. The molecular weight excluding hydrogens is 196 g/mol. The van der Waals surface area contributed by atoms with Gasteiger partial charge in [-0.3, -0.25) is 0 Å². The molecule has 4 heteroatoms. The third kappa shape index (κ3) is 1.81. The highest BCUT2D eigenvalue weighted by Gasteiger charge is 2.03. The van der Waals surface area contributed by atoms with E-state index in [1.807, 2.05) is 18.4 Å². The summed E-state index contributed by atoms with van der Waals surface area (Å²) in [5, 5.41) is 10.9. The summed E-state index contributed by atoms with van der Waals surface area (Å²) in [6.45, 7) is 2.00. The van der Waals surface area contributed by atoms with Crippen molar-refractivity contribution in [3.05, 3.63) is 34.3 Å². The lowest BCUT2D eigenvalue weighted by Gasteiger charge is -1.98. The minimum Gasteiger partial charge on any atom is -0.390 e. The van der Waals surface area contributed by atoms with Gasteiger partial charge in [-0.25, -0.2) is 9.97 Å². The lowest BCUT2D eigenvalue weighted by atomic mass is 10.3. The van der Waals surface area contributed by atoms with Crippen LogP contribution in [0.2, 0.25) is 0 Å². The van der Waals surface area contributed by atoms with E-state index in [1.54, 1.807) is 23.6 Å². The van der Waals surface area contributed by atoms with Gasteiger partial charge in [0.15, 0.2) is 5.82 Å². The van der Waals surface area contributed by atoms with Gasteiger partial charge in [0.05, 0.1) is 12.3 Å². The van der Waals surface area contributed by atoms with E-state index in [2.05, 4.69) is 9.97 Å². The standard InChI is InChI=1S/C10H10N2OS/c1-7-4-8(6-14-7)10-11-3-2-9(5-13)12-10/h2-4,6,13H,5H2,1H3. The van der Waals surface area contributed by atoms with E-state index in [0.29, 0.717) is 11.5 Å². The van der Waals surface area contributed by atoms with Gasteiger partial charge in [0.25, 0.3) is 0 Å². The lowest BCUT2D eigenvalue weighted by molar-refractivity contribution is 0.277. The van der Waals surface area contributed by atoms with Crippen LogP contribution in [0.3, 0.4) is 0 Å². The fraction of sp³-hybridized carbons (Fsp3) is 0.200. The molecule has 0 spiro atoms. The van der Waals surface area contributed by atoms with E-state index in [0.717, 1.165) is 5.56 Å². The van der Waals surface area contributed by atoms with Crippen molar-refractivity contribution in [2.45, 2.75) is 13.5 Å². The first-order valence-electron chi connectivity index (χ1n) is 4.28. The van der Waals surface area contributed by atoms with E-state index < -0.39 is 0 Å². The molecule has 0 amide bonds. The summed E-state index contributed by atoms with van der Waals surface area (Å²) < 4.78 is 0. The van der Waals surface area contributed by atoms with Crippen molar-refractivity contribution < 1.29 is 5.11 Å². The van der Waals surface area contributed by atoms with Crippen LogP contribution in [0.4, 0.5) is 0 Å². The summed E-state index contributed by atoms with van der Waals surface area (Å²) in [5.41, 5.74) is 1.67. The molecular formula is C10H10N2OS. The molecule has 0 fully saturated rings. The summed E-state index contributed by atoms with van der Waals surface area (Å²) in [6, 6.07) is 3.75. The maximum Gasteiger partial charge on any atom is 0.160 e. The Labute approximate surface area is 86.1 Å². The van der Waals surface area contributed by atoms with Gasteiger partial charge in [-0.2, -0.15) is 0 Å². The topological polar surface area (TPSA) is 46.0 Å². The van der Waals surface area contributed by atoms with Crippen molar-refractivity contribution in [3.8, 4) is 11.4 Å². The zero-order chi connectivity index (χ0) is 9.97. The van der Waals surface area contributed by atoms with Gasteiger partial charge in [-0.05, 0) is 19.1 Å². The van der Waals surface area contributed by atoms with Crippen molar-refractivity contribution in [1.29, 1.82) is 0 Å². The van der Waals surface area contributed by atoms with Gasteiger partial charge >= 0.3 is 0 Å². The molecule has 14 heavy (non-hydrogen) atoms. The largest absolute Gasteiger partial charge is 0.390 e. The number of aryl methyl sites for hydroxylation is 1. The molecule has 0 unspecified atom stereocenters. The zero-order valence-electron chi connectivity index (χ0n) is 7.77. The van der Waals surface area contributed by atoms with Crippen molar-refractivity contribution in [1.82, 2.24) is 9.97 Å². The molecule has 0 atom stereocenters. The molecule has 2 heterocycles. The third-order valence-electron chi connectivity index (χ3n) is 1.86. The summed E-state index contributed by atoms with van der Waals surface area (Å²) in [4.78, 5) is 9.61. The number of nitrogens with zero attached hydrogens (tertiary/aromatic N) is 2.